The van der Waals surface area contributed by atoms with Crippen molar-refractivity contribution >= 4 is 61.4 Å². The van der Waals surface area contributed by atoms with E-state index < -0.39 is 5.97 Å². The number of benzene rings is 2. The van der Waals surface area contributed by atoms with Crippen LogP contribution in [0.15, 0.2) is 64.4 Å². The third-order valence-corrected chi connectivity index (χ3v) is 8.63. The van der Waals surface area contributed by atoms with Crippen LogP contribution in [0.2, 0.25) is 0 Å². The normalized spacial score (nSPS) is 11.1. The van der Waals surface area contributed by atoms with Crippen molar-refractivity contribution in [1.82, 2.24) is 14.8 Å². The second kappa shape index (κ2) is 11.5. The highest BCUT2D eigenvalue weighted by Gasteiger charge is 2.23. The molecule has 5 rings (SSSR count). The molecule has 3 heterocycles. The van der Waals surface area contributed by atoms with E-state index in [9.17, 15) is 14.0 Å². The number of anilines is 1. The zero-order valence-electron chi connectivity index (χ0n) is 20.6. The van der Waals surface area contributed by atoms with Gasteiger partial charge >= 0.3 is 5.97 Å². The van der Waals surface area contributed by atoms with Gasteiger partial charge in [-0.05, 0) is 30.2 Å². The second-order valence-corrected chi connectivity index (χ2v) is 11.0. The van der Waals surface area contributed by atoms with E-state index in [1.165, 1.54) is 47.0 Å². The van der Waals surface area contributed by atoms with Crippen LogP contribution in [-0.4, -0.2) is 39.5 Å². The minimum Gasteiger partial charge on any atom is -0.465 e. The molecule has 0 aliphatic rings. The van der Waals surface area contributed by atoms with Crippen molar-refractivity contribution in [2.45, 2.75) is 25.0 Å². The number of hydrogen-bond acceptors (Lipinski definition) is 8. The first-order valence-electron chi connectivity index (χ1n) is 11.8. The van der Waals surface area contributed by atoms with Crippen LogP contribution in [0.25, 0.3) is 32.6 Å². The lowest BCUT2D eigenvalue weighted by molar-refractivity contribution is -0.113. The number of hydrogen-bond donors (Lipinski definition) is 1. The molecule has 38 heavy (non-hydrogen) atoms. The van der Waals surface area contributed by atoms with E-state index in [0.717, 1.165) is 29.7 Å². The molecular formula is C27H23FN4O3S3. The van der Waals surface area contributed by atoms with Gasteiger partial charge in [0.2, 0.25) is 5.91 Å². The maximum Gasteiger partial charge on any atom is 0.341 e. The van der Waals surface area contributed by atoms with Crippen molar-refractivity contribution in [1.29, 1.82) is 0 Å². The van der Waals surface area contributed by atoms with Gasteiger partial charge in [-0.15, -0.1) is 32.9 Å². The number of thioether (sulfide) groups is 1. The van der Waals surface area contributed by atoms with Crippen molar-refractivity contribution in [3.63, 3.8) is 0 Å². The Labute approximate surface area is 230 Å². The molecule has 0 saturated carbocycles. The Morgan fingerprint density at radius 3 is 2.58 bits per heavy atom. The molecule has 0 saturated heterocycles. The standard InChI is InChI=1S/C27H23FN4O3S3/c1-3-12-32-24(20-14-36-21-7-5-4-6-18(20)21)30-31-27(32)38-15-22(33)29-25-23(26(34)35-2)19(13-37-25)16-8-10-17(28)11-9-16/h4-11,13-14H,3,12,15H2,1-2H3,(H,29,33). The lowest BCUT2D eigenvalue weighted by Crippen LogP contribution is -2.16. The summed E-state index contributed by atoms with van der Waals surface area (Å²) in [5.41, 5.74) is 2.49. The highest BCUT2D eigenvalue weighted by Crippen LogP contribution is 2.37. The molecular weight excluding hydrogens is 544 g/mol. The minimum absolute atomic E-state index is 0.0800. The minimum atomic E-state index is -0.580. The molecule has 194 valence electrons. The molecule has 1 N–H and O–H groups in total. The lowest BCUT2D eigenvalue weighted by atomic mass is 10.0. The van der Waals surface area contributed by atoms with Gasteiger partial charge in [-0.1, -0.05) is 49.0 Å². The predicted molar refractivity (Wildman–Crippen MR) is 152 cm³/mol. The molecule has 1 amide bonds. The highest BCUT2D eigenvalue weighted by atomic mass is 32.2. The van der Waals surface area contributed by atoms with Crippen molar-refractivity contribution < 1.29 is 18.7 Å². The Morgan fingerprint density at radius 2 is 1.82 bits per heavy atom. The van der Waals surface area contributed by atoms with E-state index in [1.807, 2.05) is 16.7 Å². The number of halogens is 1. The third-order valence-electron chi connectivity index (χ3n) is 5.81. The molecule has 0 radical (unpaired) electrons. The monoisotopic (exact) mass is 566 g/mol. The van der Waals surface area contributed by atoms with Gasteiger partial charge in [0, 0.05) is 38.5 Å². The van der Waals surface area contributed by atoms with Crippen molar-refractivity contribution in [2.24, 2.45) is 0 Å². The van der Waals surface area contributed by atoms with Crippen LogP contribution in [0.3, 0.4) is 0 Å². The number of nitrogens with one attached hydrogen (secondary N) is 1. The summed E-state index contributed by atoms with van der Waals surface area (Å²) in [7, 11) is 1.28. The Kier molecular flexibility index (Phi) is 7.87. The summed E-state index contributed by atoms with van der Waals surface area (Å²) in [5.74, 6) is -0.385. The molecule has 7 nitrogen and oxygen atoms in total. The van der Waals surface area contributed by atoms with Crippen molar-refractivity contribution in [2.75, 3.05) is 18.2 Å². The first-order valence-corrected chi connectivity index (χ1v) is 14.5. The number of amides is 1. The second-order valence-electron chi connectivity index (χ2n) is 8.29. The zero-order chi connectivity index (χ0) is 26.6. The highest BCUT2D eigenvalue weighted by molar-refractivity contribution is 7.99. The SMILES string of the molecule is CCCn1c(SCC(=O)Nc2scc(-c3ccc(F)cc3)c2C(=O)OC)nnc1-c1csc2ccccc12. The van der Waals surface area contributed by atoms with E-state index in [-0.39, 0.29) is 23.0 Å². The summed E-state index contributed by atoms with van der Waals surface area (Å²) in [4.78, 5) is 25.5. The number of nitrogens with zero attached hydrogens (tertiary/aromatic N) is 3. The number of methoxy groups -OCH3 is 1. The van der Waals surface area contributed by atoms with Crippen LogP contribution >= 0.6 is 34.4 Å². The molecule has 0 aliphatic carbocycles. The smallest absolute Gasteiger partial charge is 0.341 e. The summed E-state index contributed by atoms with van der Waals surface area (Å²) in [6, 6.07) is 14.0. The van der Waals surface area contributed by atoms with Gasteiger partial charge in [0.1, 0.15) is 16.4 Å². The summed E-state index contributed by atoms with van der Waals surface area (Å²) in [6.07, 6.45) is 0.886. The molecule has 0 spiro atoms. The summed E-state index contributed by atoms with van der Waals surface area (Å²) in [6.45, 7) is 2.80. The first-order chi connectivity index (χ1) is 18.5. The number of carbonyl (C=O) groups is 2. The molecule has 0 unspecified atom stereocenters. The fourth-order valence-electron chi connectivity index (χ4n) is 4.06. The van der Waals surface area contributed by atoms with Gasteiger partial charge in [-0.2, -0.15) is 0 Å². The quantitative estimate of drug-likeness (QED) is 0.153. The van der Waals surface area contributed by atoms with Crippen LogP contribution in [-0.2, 0) is 16.1 Å². The van der Waals surface area contributed by atoms with Gasteiger partial charge < -0.3 is 14.6 Å². The molecule has 0 aliphatic heterocycles. The van der Waals surface area contributed by atoms with Crippen LogP contribution in [0.4, 0.5) is 9.39 Å². The third kappa shape index (κ3) is 5.22. The van der Waals surface area contributed by atoms with E-state index >= 15 is 0 Å². The molecule has 11 heteroatoms. The van der Waals surface area contributed by atoms with Crippen molar-refractivity contribution in [3.05, 3.63) is 70.7 Å². The summed E-state index contributed by atoms with van der Waals surface area (Å²) in [5, 5.41) is 17.7. The maximum absolute atomic E-state index is 13.4. The number of thiophene rings is 2. The Morgan fingerprint density at radius 1 is 1.05 bits per heavy atom. The van der Waals surface area contributed by atoms with E-state index in [0.29, 0.717) is 21.3 Å². The first kappa shape index (κ1) is 26.1. The van der Waals surface area contributed by atoms with Gasteiger partial charge in [0.25, 0.3) is 0 Å². The van der Waals surface area contributed by atoms with Gasteiger partial charge in [-0.25, -0.2) is 9.18 Å². The fraction of sp³-hybridized carbons (Fsp3) is 0.185. The number of aromatic nitrogens is 3. The van der Waals surface area contributed by atoms with Crippen LogP contribution in [0, 0.1) is 5.82 Å². The van der Waals surface area contributed by atoms with Gasteiger partial charge in [0.15, 0.2) is 11.0 Å². The molecule has 5 aromatic rings. The summed E-state index contributed by atoms with van der Waals surface area (Å²) < 4.78 is 21.6. The van der Waals surface area contributed by atoms with Crippen LogP contribution in [0.1, 0.15) is 23.7 Å². The van der Waals surface area contributed by atoms with Gasteiger partial charge in [-0.3, -0.25) is 4.79 Å². The maximum atomic E-state index is 13.4. The number of ether oxygens (including phenoxy) is 1. The average molecular weight is 567 g/mol. The van der Waals surface area contributed by atoms with Crippen LogP contribution in [0.5, 0.6) is 0 Å². The van der Waals surface area contributed by atoms with E-state index in [2.05, 4.69) is 40.0 Å². The lowest BCUT2D eigenvalue weighted by Gasteiger charge is -2.09. The predicted octanol–water partition coefficient (Wildman–Crippen LogP) is 6.95. The Bertz CT molecular complexity index is 1610. The topological polar surface area (TPSA) is 86.1 Å². The molecule has 0 atom stereocenters. The zero-order valence-corrected chi connectivity index (χ0v) is 23.0. The number of fused-ring (bicyclic) bond motifs is 1. The average Bonchev–Trinajstić information content (AvgIpc) is 3.65. The molecule has 2 aromatic carbocycles. The molecule has 3 aromatic heterocycles. The fourth-order valence-corrected chi connectivity index (χ4v) is 6.74. The van der Waals surface area contributed by atoms with E-state index in [4.69, 9.17) is 4.74 Å². The van der Waals surface area contributed by atoms with Crippen LogP contribution < -0.4 is 5.32 Å². The molecule has 0 bridgehead atoms. The largest absolute Gasteiger partial charge is 0.465 e. The Hall–Kier alpha value is -3.54. The van der Waals surface area contributed by atoms with Gasteiger partial charge in [0.05, 0.1) is 12.9 Å². The van der Waals surface area contributed by atoms with Crippen molar-refractivity contribution in [3.8, 4) is 22.5 Å². The number of carbonyl (C=O) groups excluding carboxylic acids is 2. The Balaban J connectivity index is 1.35. The number of rotatable bonds is 9. The molecule has 0 fully saturated rings. The summed E-state index contributed by atoms with van der Waals surface area (Å²) >= 11 is 4.17. The van der Waals surface area contributed by atoms with E-state index in [1.54, 1.807) is 28.8 Å². The number of esters is 1.